The topological polar surface area (TPSA) is 58.6 Å². The van der Waals surface area contributed by atoms with Crippen molar-refractivity contribution in [2.24, 2.45) is 0 Å². The molecule has 18 heavy (non-hydrogen) atoms. The summed E-state index contributed by atoms with van der Waals surface area (Å²) in [6, 6.07) is 6.89. The van der Waals surface area contributed by atoms with E-state index in [9.17, 15) is 8.42 Å². The second kappa shape index (κ2) is 6.61. The predicted octanol–water partition coefficient (Wildman–Crippen LogP) is 1.39. The summed E-state index contributed by atoms with van der Waals surface area (Å²) in [5.41, 5.74) is 0.553. The van der Waals surface area contributed by atoms with Crippen molar-refractivity contribution in [2.45, 2.75) is 6.92 Å². The van der Waals surface area contributed by atoms with Crippen LogP contribution in [0.4, 0.5) is 5.69 Å². The van der Waals surface area contributed by atoms with E-state index >= 15 is 0 Å². The van der Waals surface area contributed by atoms with Gasteiger partial charge in [0, 0.05) is 12.2 Å². The van der Waals surface area contributed by atoms with Crippen LogP contribution in [0.2, 0.25) is 0 Å². The van der Waals surface area contributed by atoms with Gasteiger partial charge >= 0.3 is 0 Å². The van der Waals surface area contributed by atoms with E-state index in [1.165, 1.54) is 0 Å². The molecule has 0 bridgehead atoms. The van der Waals surface area contributed by atoms with Gasteiger partial charge in [-0.25, -0.2) is 8.42 Å². The summed E-state index contributed by atoms with van der Waals surface area (Å²) >= 11 is 0. The zero-order valence-corrected chi connectivity index (χ0v) is 11.8. The Kier molecular flexibility index (Phi) is 5.43. The quantitative estimate of drug-likeness (QED) is 0.815. The molecule has 0 saturated carbocycles. The second-order valence-electron chi connectivity index (χ2n) is 4.18. The van der Waals surface area contributed by atoms with Gasteiger partial charge in [0.05, 0.1) is 5.75 Å². The minimum absolute atomic E-state index is 0.0636. The fraction of sp³-hybridized carbons (Fsp3) is 0.500. The molecule has 5 nitrogen and oxygen atoms in total. The van der Waals surface area contributed by atoms with Crippen LogP contribution >= 0.6 is 0 Å². The maximum atomic E-state index is 11.4. The molecule has 0 heterocycles. The number of benzene rings is 1. The number of nitrogens with one attached hydrogen (secondary N) is 1. The van der Waals surface area contributed by atoms with Crippen molar-refractivity contribution in [2.75, 3.05) is 37.7 Å². The number of rotatable bonds is 7. The van der Waals surface area contributed by atoms with Crippen LogP contribution in [-0.2, 0) is 10.0 Å². The highest BCUT2D eigenvalue weighted by Crippen LogP contribution is 2.16. The van der Waals surface area contributed by atoms with Gasteiger partial charge in [-0.15, -0.1) is 0 Å². The minimum Gasteiger partial charge on any atom is -0.492 e. The molecule has 0 aliphatic heterocycles. The van der Waals surface area contributed by atoms with Gasteiger partial charge in [-0.2, -0.15) is 0 Å². The fourth-order valence-corrected chi connectivity index (χ4v) is 1.86. The number of nitrogens with zero attached hydrogens (tertiary/aromatic N) is 1. The van der Waals surface area contributed by atoms with Crippen molar-refractivity contribution in [3.8, 4) is 5.75 Å². The first kappa shape index (κ1) is 14.8. The van der Waals surface area contributed by atoms with Gasteiger partial charge in [-0.1, -0.05) is 0 Å². The number of sulfonamides is 1. The summed E-state index contributed by atoms with van der Waals surface area (Å²) in [7, 11) is 0.745. The molecular weight excluding hydrogens is 252 g/mol. The Morgan fingerprint density at radius 3 is 2.33 bits per heavy atom. The summed E-state index contributed by atoms with van der Waals surface area (Å²) in [5, 5.41) is 0. The molecule has 6 heteroatoms. The third-order valence-electron chi connectivity index (χ3n) is 2.31. The van der Waals surface area contributed by atoms with Crippen molar-refractivity contribution >= 4 is 15.7 Å². The lowest BCUT2D eigenvalue weighted by atomic mass is 10.3. The molecule has 0 amide bonds. The normalized spacial score (nSPS) is 11.6. The van der Waals surface area contributed by atoms with Gasteiger partial charge in [0.25, 0.3) is 0 Å². The zero-order valence-electron chi connectivity index (χ0n) is 11.0. The Bertz CT molecular complexity index is 455. The summed E-state index contributed by atoms with van der Waals surface area (Å²) in [4.78, 5) is 2.03. The molecule has 0 fully saturated rings. The van der Waals surface area contributed by atoms with E-state index in [1.54, 1.807) is 31.2 Å². The first-order chi connectivity index (χ1) is 8.43. The van der Waals surface area contributed by atoms with Crippen LogP contribution in [0.3, 0.4) is 0 Å². The predicted molar refractivity (Wildman–Crippen MR) is 73.6 cm³/mol. The number of likely N-dealkylation sites (N-methyl/N-ethyl adjacent to an activating group) is 1. The lowest BCUT2D eigenvalue weighted by Crippen LogP contribution is -2.19. The van der Waals surface area contributed by atoms with E-state index in [4.69, 9.17) is 4.74 Å². The molecule has 0 saturated heterocycles. The van der Waals surface area contributed by atoms with E-state index in [0.29, 0.717) is 12.3 Å². The van der Waals surface area contributed by atoms with Crippen LogP contribution in [0.5, 0.6) is 5.75 Å². The molecule has 1 aromatic rings. The Hall–Kier alpha value is -1.27. The van der Waals surface area contributed by atoms with Crippen LogP contribution in [0.25, 0.3) is 0 Å². The summed E-state index contributed by atoms with van der Waals surface area (Å²) in [5.74, 6) is 0.796. The average Bonchev–Trinajstić information content (AvgIpc) is 2.31. The average molecular weight is 272 g/mol. The molecular formula is C12H20N2O3S. The molecule has 1 aromatic carbocycles. The Morgan fingerprint density at radius 1 is 1.22 bits per heavy atom. The van der Waals surface area contributed by atoms with Crippen molar-refractivity contribution in [1.82, 2.24) is 4.90 Å². The summed E-state index contributed by atoms with van der Waals surface area (Å²) < 4.78 is 30.7. The molecule has 102 valence electrons. The molecule has 0 unspecified atom stereocenters. The fourth-order valence-electron chi connectivity index (χ4n) is 1.22. The first-order valence-electron chi connectivity index (χ1n) is 5.81. The maximum Gasteiger partial charge on any atom is 0.232 e. The van der Waals surface area contributed by atoms with Crippen molar-refractivity contribution < 1.29 is 13.2 Å². The third kappa shape index (κ3) is 5.37. The molecule has 0 atom stereocenters. The monoisotopic (exact) mass is 272 g/mol. The number of anilines is 1. The van der Waals surface area contributed by atoms with Gasteiger partial charge in [-0.05, 0) is 45.3 Å². The molecule has 0 radical (unpaired) electrons. The van der Waals surface area contributed by atoms with E-state index in [2.05, 4.69) is 4.72 Å². The van der Waals surface area contributed by atoms with E-state index in [1.807, 2.05) is 19.0 Å². The van der Waals surface area contributed by atoms with E-state index in [-0.39, 0.29) is 5.75 Å². The second-order valence-corrected chi connectivity index (χ2v) is 6.19. The zero-order chi connectivity index (χ0) is 13.6. The largest absolute Gasteiger partial charge is 0.492 e. The number of hydrogen-bond donors (Lipinski definition) is 1. The lowest BCUT2D eigenvalue weighted by molar-refractivity contribution is 0.261. The Balaban J connectivity index is 2.52. The van der Waals surface area contributed by atoms with Gasteiger partial charge in [0.1, 0.15) is 12.4 Å². The lowest BCUT2D eigenvalue weighted by Gasteiger charge is -2.11. The highest BCUT2D eigenvalue weighted by molar-refractivity contribution is 7.92. The highest BCUT2D eigenvalue weighted by Gasteiger charge is 2.06. The van der Waals surface area contributed by atoms with Gasteiger partial charge in [-0.3, -0.25) is 4.72 Å². The van der Waals surface area contributed by atoms with Crippen molar-refractivity contribution in [3.05, 3.63) is 24.3 Å². The smallest absolute Gasteiger partial charge is 0.232 e. The molecule has 1 N–H and O–H groups in total. The summed E-state index contributed by atoms with van der Waals surface area (Å²) in [6.45, 7) is 3.04. The first-order valence-corrected chi connectivity index (χ1v) is 7.46. The van der Waals surface area contributed by atoms with Crippen LogP contribution in [-0.4, -0.2) is 46.3 Å². The molecule has 0 aliphatic rings. The van der Waals surface area contributed by atoms with Crippen LogP contribution in [0.1, 0.15) is 6.92 Å². The standard InChI is InChI=1S/C12H20N2O3S/c1-4-18(15,16)13-11-5-7-12(8-6-11)17-10-9-14(2)3/h5-8,13H,4,9-10H2,1-3H3. The van der Waals surface area contributed by atoms with Gasteiger partial charge in [0.15, 0.2) is 0 Å². The van der Waals surface area contributed by atoms with Crippen LogP contribution < -0.4 is 9.46 Å². The Labute approximate surface area is 109 Å². The third-order valence-corrected chi connectivity index (χ3v) is 3.62. The van der Waals surface area contributed by atoms with Gasteiger partial charge in [0.2, 0.25) is 10.0 Å². The summed E-state index contributed by atoms with van der Waals surface area (Å²) in [6.07, 6.45) is 0. The Morgan fingerprint density at radius 2 is 1.83 bits per heavy atom. The minimum atomic E-state index is -3.21. The molecule has 1 rings (SSSR count). The number of ether oxygens (including phenoxy) is 1. The van der Waals surface area contributed by atoms with E-state index < -0.39 is 10.0 Å². The van der Waals surface area contributed by atoms with E-state index in [0.717, 1.165) is 12.3 Å². The van der Waals surface area contributed by atoms with Gasteiger partial charge < -0.3 is 9.64 Å². The molecule has 0 aliphatic carbocycles. The highest BCUT2D eigenvalue weighted by atomic mass is 32.2. The molecule has 0 aromatic heterocycles. The van der Waals surface area contributed by atoms with Crippen molar-refractivity contribution in [1.29, 1.82) is 0 Å². The van der Waals surface area contributed by atoms with Crippen molar-refractivity contribution in [3.63, 3.8) is 0 Å². The van der Waals surface area contributed by atoms with Crippen LogP contribution in [0, 0.1) is 0 Å². The van der Waals surface area contributed by atoms with Crippen LogP contribution in [0.15, 0.2) is 24.3 Å². The maximum absolute atomic E-state index is 11.4. The SMILES string of the molecule is CCS(=O)(=O)Nc1ccc(OCCN(C)C)cc1. The number of hydrogen-bond acceptors (Lipinski definition) is 4. The molecule has 0 spiro atoms.